The molecule has 0 fully saturated rings. The number of benzene rings is 3. The zero-order valence-corrected chi connectivity index (χ0v) is 20.0. The van der Waals surface area contributed by atoms with Crippen molar-refractivity contribution in [1.82, 2.24) is 9.97 Å². The van der Waals surface area contributed by atoms with Crippen LogP contribution in [0.25, 0.3) is 16.6 Å². The van der Waals surface area contributed by atoms with Crippen molar-refractivity contribution >= 4 is 34.1 Å². The average molecular weight is 486 g/mol. The topological polar surface area (TPSA) is 71.8 Å². The van der Waals surface area contributed by atoms with Gasteiger partial charge in [-0.3, -0.25) is 4.79 Å². The number of hydrogen-bond acceptors (Lipinski definition) is 2. The lowest BCUT2D eigenvalue weighted by atomic mass is 9.91. The second-order valence-corrected chi connectivity index (χ2v) is 8.75. The maximum absolute atomic E-state index is 13.8. The van der Waals surface area contributed by atoms with Crippen LogP contribution in [0.3, 0.4) is 0 Å². The van der Waals surface area contributed by atoms with Crippen LogP contribution in [0.1, 0.15) is 40.2 Å². The maximum atomic E-state index is 13.8. The predicted molar refractivity (Wildman–Crippen MR) is 141 cm³/mol. The number of nitrogens with one attached hydrogen (secondary N) is 1. The minimum atomic E-state index is -0.540. The number of carbonyl (C=O) groups is 1. The van der Waals surface area contributed by atoms with Gasteiger partial charge in [-0.25, -0.2) is 9.37 Å². The van der Waals surface area contributed by atoms with Crippen LogP contribution < -0.4 is 5.73 Å². The summed E-state index contributed by atoms with van der Waals surface area (Å²) in [6, 6.07) is 19.6. The molecule has 0 radical (unpaired) electrons. The molecule has 3 N–H and O–H groups in total. The molecule has 35 heavy (non-hydrogen) atoms. The molecule has 1 atom stereocenters. The fraction of sp³-hybridized carbons (Fsp3) is 0.103. The van der Waals surface area contributed by atoms with E-state index in [2.05, 4.69) is 23.7 Å². The number of nitrogens with two attached hydrogens (primary N) is 1. The maximum Gasteiger partial charge on any atom is 0.249 e. The third-order valence-corrected chi connectivity index (χ3v) is 6.16. The summed E-state index contributed by atoms with van der Waals surface area (Å²) < 4.78 is 13.8. The fourth-order valence-electron chi connectivity index (χ4n) is 4.07. The molecule has 0 saturated carbocycles. The number of rotatable bonds is 8. The summed E-state index contributed by atoms with van der Waals surface area (Å²) in [4.78, 5) is 20.0. The highest BCUT2D eigenvalue weighted by atomic mass is 35.5. The summed E-state index contributed by atoms with van der Waals surface area (Å²) in [7, 11) is 0. The molecule has 4 rings (SSSR count). The van der Waals surface area contributed by atoms with Crippen molar-refractivity contribution in [2.24, 2.45) is 5.73 Å². The van der Waals surface area contributed by atoms with Gasteiger partial charge in [0, 0.05) is 16.5 Å². The molecule has 0 aliphatic carbocycles. The first kappa shape index (κ1) is 24.2. The smallest absolute Gasteiger partial charge is 0.249 e. The third-order valence-electron chi connectivity index (χ3n) is 5.93. The molecule has 4 nitrogen and oxygen atoms in total. The van der Waals surface area contributed by atoms with Crippen LogP contribution in [0.4, 0.5) is 4.39 Å². The van der Waals surface area contributed by atoms with E-state index in [0.29, 0.717) is 39.2 Å². The van der Waals surface area contributed by atoms with Crippen molar-refractivity contribution in [2.75, 3.05) is 0 Å². The first-order valence-corrected chi connectivity index (χ1v) is 11.5. The Hall–Kier alpha value is -3.96. The van der Waals surface area contributed by atoms with Gasteiger partial charge >= 0.3 is 0 Å². The number of aromatic nitrogens is 2. The molecule has 0 bridgehead atoms. The van der Waals surface area contributed by atoms with Crippen LogP contribution in [0.5, 0.6) is 0 Å². The molecule has 0 spiro atoms. The number of allylic oxidation sites excluding steroid dienone is 5. The lowest BCUT2D eigenvalue weighted by Crippen LogP contribution is -2.13. The van der Waals surface area contributed by atoms with E-state index in [4.69, 9.17) is 22.3 Å². The van der Waals surface area contributed by atoms with Crippen LogP contribution in [-0.4, -0.2) is 15.9 Å². The van der Waals surface area contributed by atoms with Crippen molar-refractivity contribution in [1.29, 1.82) is 0 Å². The molecular formula is C29H25ClFN3O. The number of primary amides is 1. The Kier molecular flexibility index (Phi) is 7.28. The van der Waals surface area contributed by atoms with Crippen molar-refractivity contribution in [3.63, 3.8) is 0 Å². The van der Waals surface area contributed by atoms with Crippen molar-refractivity contribution in [2.45, 2.75) is 19.3 Å². The van der Waals surface area contributed by atoms with Gasteiger partial charge in [-0.1, -0.05) is 72.3 Å². The zero-order chi connectivity index (χ0) is 24.9. The largest absolute Gasteiger partial charge is 0.366 e. The summed E-state index contributed by atoms with van der Waals surface area (Å²) in [5.41, 5.74) is 10.8. The van der Waals surface area contributed by atoms with Crippen LogP contribution in [-0.2, 0) is 6.42 Å². The van der Waals surface area contributed by atoms with Gasteiger partial charge in [0.1, 0.15) is 11.6 Å². The average Bonchev–Trinajstić information content (AvgIpc) is 3.26. The van der Waals surface area contributed by atoms with Gasteiger partial charge in [-0.05, 0) is 66.4 Å². The van der Waals surface area contributed by atoms with Gasteiger partial charge in [-0.2, -0.15) is 0 Å². The number of nitrogens with zero attached hydrogens (tertiary/aromatic N) is 1. The molecule has 0 saturated heterocycles. The van der Waals surface area contributed by atoms with E-state index in [0.717, 1.165) is 17.0 Å². The highest BCUT2D eigenvalue weighted by molar-refractivity contribution is 6.31. The summed E-state index contributed by atoms with van der Waals surface area (Å²) in [5, 5.41) is 0.495. The number of imidazole rings is 1. The van der Waals surface area contributed by atoms with Gasteiger partial charge in [0.05, 0.1) is 11.0 Å². The normalized spacial score (nSPS) is 13.1. The standard InChI is InChI=1S/C29H25ClFN3O/c1-3-20(25-16-21(30)11-13-23(25)28(32)35)10-9-18(2)24(15-19-7-5-4-6-8-19)29-33-26-14-12-22(31)17-27(26)34-29/h3-14,16-17,24H,1,15H2,2H3,(H2,32,35)(H,33,34)/b18-9+,20-10+/t24-/m1/s1. The summed E-state index contributed by atoms with van der Waals surface area (Å²) in [5.74, 6) is -0.200. The second kappa shape index (κ2) is 10.5. The van der Waals surface area contributed by atoms with Crippen molar-refractivity contribution in [3.05, 3.63) is 130 Å². The van der Waals surface area contributed by atoms with E-state index in [9.17, 15) is 9.18 Å². The molecule has 4 aromatic rings. The molecule has 176 valence electrons. The van der Waals surface area contributed by atoms with Gasteiger partial charge in [0.15, 0.2) is 0 Å². The van der Waals surface area contributed by atoms with Crippen molar-refractivity contribution < 1.29 is 9.18 Å². The number of aromatic amines is 1. The Bertz CT molecular complexity index is 1450. The first-order chi connectivity index (χ1) is 16.9. The van der Waals surface area contributed by atoms with Gasteiger partial charge in [0.2, 0.25) is 5.91 Å². The van der Waals surface area contributed by atoms with Crippen LogP contribution in [0.2, 0.25) is 5.02 Å². The minimum absolute atomic E-state index is 0.0925. The number of H-pyrrole nitrogens is 1. The predicted octanol–water partition coefficient (Wildman–Crippen LogP) is 7.00. The Morgan fingerprint density at radius 2 is 1.89 bits per heavy atom. The highest BCUT2D eigenvalue weighted by Gasteiger charge is 2.19. The van der Waals surface area contributed by atoms with Crippen LogP contribution in [0.15, 0.2) is 97.1 Å². The molecule has 1 heterocycles. The molecular weight excluding hydrogens is 461 g/mol. The van der Waals surface area contributed by atoms with Gasteiger partial charge < -0.3 is 10.7 Å². The second-order valence-electron chi connectivity index (χ2n) is 8.32. The number of carbonyl (C=O) groups excluding carboxylic acids is 1. The summed E-state index contributed by atoms with van der Waals surface area (Å²) >= 11 is 6.19. The molecule has 3 aromatic carbocycles. The van der Waals surface area contributed by atoms with Gasteiger partial charge in [0.25, 0.3) is 0 Å². The Morgan fingerprint density at radius 3 is 2.60 bits per heavy atom. The number of hydrogen-bond donors (Lipinski definition) is 2. The van der Waals surface area contributed by atoms with E-state index in [1.54, 1.807) is 30.3 Å². The van der Waals surface area contributed by atoms with E-state index < -0.39 is 5.91 Å². The lowest BCUT2D eigenvalue weighted by Gasteiger charge is -2.16. The van der Waals surface area contributed by atoms with Crippen molar-refractivity contribution in [3.8, 4) is 0 Å². The Balaban J connectivity index is 1.77. The molecule has 1 aromatic heterocycles. The lowest BCUT2D eigenvalue weighted by molar-refractivity contribution is 0.1000. The molecule has 6 heteroatoms. The summed E-state index contributed by atoms with van der Waals surface area (Å²) in [6.45, 7) is 5.93. The highest BCUT2D eigenvalue weighted by Crippen LogP contribution is 2.30. The zero-order valence-electron chi connectivity index (χ0n) is 19.3. The number of amides is 1. The Morgan fingerprint density at radius 1 is 1.11 bits per heavy atom. The quantitative estimate of drug-likeness (QED) is 0.264. The van der Waals surface area contributed by atoms with E-state index in [-0.39, 0.29) is 11.7 Å². The van der Waals surface area contributed by atoms with Gasteiger partial charge in [-0.15, -0.1) is 0 Å². The summed E-state index contributed by atoms with van der Waals surface area (Å²) in [6.07, 6.45) is 6.23. The van der Waals surface area contributed by atoms with E-state index >= 15 is 0 Å². The molecule has 0 unspecified atom stereocenters. The Labute approximate surface area is 208 Å². The van der Waals surface area contributed by atoms with E-state index in [1.807, 2.05) is 37.3 Å². The van der Waals surface area contributed by atoms with Crippen LogP contribution in [0, 0.1) is 5.82 Å². The third kappa shape index (κ3) is 5.58. The number of fused-ring (bicyclic) bond motifs is 1. The monoisotopic (exact) mass is 485 g/mol. The minimum Gasteiger partial charge on any atom is -0.366 e. The van der Waals surface area contributed by atoms with Crippen LogP contribution >= 0.6 is 11.6 Å². The first-order valence-electron chi connectivity index (χ1n) is 11.2. The fourth-order valence-corrected chi connectivity index (χ4v) is 4.24. The molecule has 1 amide bonds. The SMILES string of the molecule is C=C/C(=C\C=C(/C)[C@@H](Cc1ccccc1)c1nc2ccc(F)cc2[nH]1)c1cc(Cl)ccc1C(N)=O. The number of halogens is 2. The van der Waals surface area contributed by atoms with E-state index in [1.165, 1.54) is 12.1 Å². The molecule has 0 aliphatic heterocycles. The molecule has 0 aliphatic rings.